The predicted octanol–water partition coefficient (Wildman–Crippen LogP) is 0.416. The zero-order valence-electron chi connectivity index (χ0n) is 7.84. The van der Waals surface area contributed by atoms with Crippen LogP contribution in [0.5, 0.6) is 0 Å². The average Bonchev–Trinajstić information content (AvgIpc) is 2.19. The molecule has 1 amide bonds. The van der Waals surface area contributed by atoms with Crippen molar-refractivity contribution in [2.24, 2.45) is 0 Å². The summed E-state index contributed by atoms with van der Waals surface area (Å²) >= 11 is 1.89. The van der Waals surface area contributed by atoms with E-state index in [0.717, 1.165) is 24.6 Å². The molecule has 1 rings (SSSR count). The fourth-order valence-corrected chi connectivity index (χ4v) is 2.22. The minimum Gasteiger partial charge on any atom is -0.350 e. The highest BCUT2D eigenvalue weighted by Gasteiger charge is 2.15. The van der Waals surface area contributed by atoms with E-state index in [0.29, 0.717) is 13.1 Å². The Morgan fingerprint density at radius 3 is 2.64 bits per heavy atom. The fourth-order valence-electron chi connectivity index (χ4n) is 1.24. The number of thioether (sulfide) groups is 1. The molecule has 0 radical (unpaired) electrons. The molecule has 0 saturated carbocycles. The van der Waals surface area contributed by atoms with Crippen molar-refractivity contribution in [1.82, 2.24) is 10.2 Å². The maximum Gasteiger partial charge on any atom is 0.315 e. The van der Waals surface area contributed by atoms with Gasteiger partial charge in [-0.15, -0.1) is 0 Å². The zero-order valence-corrected chi connectivity index (χ0v) is 8.66. The topological polar surface area (TPSA) is 32.3 Å². The Labute approximate surface area is 86.2 Å². The summed E-state index contributed by atoms with van der Waals surface area (Å²) in [6.07, 6.45) is -2.90. The summed E-state index contributed by atoms with van der Waals surface area (Å²) in [6, 6.07) is 0. The SMILES string of the molecule is O=C(NCCN1CCSCC1)C(F)F. The maximum absolute atomic E-state index is 11.8. The second kappa shape index (κ2) is 6.19. The Morgan fingerprint density at radius 1 is 1.43 bits per heavy atom. The van der Waals surface area contributed by atoms with Gasteiger partial charge in [0, 0.05) is 37.7 Å². The van der Waals surface area contributed by atoms with Crippen molar-refractivity contribution in [2.45, 2.75) is 6.43 Å². The van der Waals surface area contributed by atoms with E-state index in [1.165, 1.54) is 0 Å². The second-order valence-electron chi connectivity index (χ2n) is 3.05. The Morgan fingerprint density at radius 2 is 2.07 bits per heavy atom. The van der Waals surface area contributed by atoms with Gasteiger partial charge in [-0.1, -0.05) is 0 Å². The summed E-state index contributed by atoms with van der Waals surface area (Å²) in [6.45, 7) is 2.94. The lowest BCUT2D eigenvalue weighted by molar-refractivity contribution is -0.131. The number of halogens is 2. The van der Waals surface area contributed by atoms with E-state index in [1.54, 1.807) is 0 Å². The smallest absolute Gasteiger partial charge is 0.315 e. The van der Waals surface area contributed by atoms with Crippen LogP contribution in [0.25, 0.3) is 0 Å². The molecule has 1 N–H and O–H groups in total. The molecule has 1 fully saturated rings. The number of nitrogens with one attached hydrogen (secondary N) is 1. The molecule has 0 aromatic rings. The lowest BCUT2D eigenvalue weighted by atomic mass is 10.4. The minimum absolute atomic E-state index is 0.313. The van der Waals surface area contributed by atoms with E-state index in [2.05, 4.69) is 10.2 Å². The Hall–Kier alpha value is -0.360. The number of amides is 1. The highest BCUT2D eigenvalue weighted by atomic mass is 32.2. The Kier molecular flexibility index (Phi) is 5.17. The summed E-state index contributed by atoms with van der Waals surface area (Å²) < 4.78 is 23.5. The third kappa shape index (κ3) is 4.23. The molecule has 1 aliphatic heterocycles. The van der Waals surface area contributed by atoms with Crippen LogP contribution in [0.2, 0.25) is 0 Å². The number of alkyl halides is 2. The molecule has 0 aromatic carbocycles. The van der Waals surface area contributed by atoms with Gasteiger partial charge in [0.2, 0.25) is 0 Å². The maximum atomic E-state index is 11.8. The first kappa shape index (κ1) is 11.7. The van der Waals surface area contributed by atoms with Crippen LogP contribution in [-0.2, 0) is 4.79 Å². The van der Waals surface area contributed by atoms with Crippen molar-refractivity contribution in [2.75, 3.05) is 37.7 Å². The predicted molar refractivity (Wildman–Crippen MR) is 52.8 cm³/mol. The van der Waals surface area contributed by atoms with Crippen molar-refractivity contribution >= 4 is 17.7 Å². The summed E-state index contributed by atoms with van der Waals surface area (Å²) in [4.78, 5) is 12.7. The summed E-state index contributed by atoms with van der Waals surface area (Å²) in [7, 11) is 0. The van der Waals surface area contributed by atoms with Gasteiger partial charge in [-0.2, -0.15) is 20.5 Å². The number of carbonyl (C=O) groups is 1. The molecule has 1 aliphatic rings. The molecule has 6 heteroatoms. The van der Waals surface area contributed by atoms with E-state index >= 15 is 0 Å². The standard InChI is InChI=1S/C8H14F2N2OS/c9-7(10)8(13)11-1-2-12-3-5-14-6-4-12/h7H,1-6H2,(H,11,13). The summed E-state index contributed by atoms with van der Waals surface area (Å²) in [5, 5.41) is 2.19. The number of rotatable bonds is 4. The molecule has 14 heavy (non-hydrogen) atoms. The van der Waals surface area contributed by atoms with Gasteiger partial charge in [0.05, 0.1) is 0 Å². The van der Waals surface area contributed by atoms with Crippen LogP contribution in [0.1, 0.15) is 0 Å². The Balaban J connectivity index is 2.05. The van der Waals surface area contributed by atoms with E-state index in [-0.39, 0.29) is 0 Å². The van der Waals surface area contributed by atoms with Crippen molar-refractivity contribution in [3.63, 3.8) is 0 Å². The molecule has 0 aromatic heterocycles. The van der Waals surface area contributed by atoms with Crippen molar-refractivity contribution in [1.29, 1.82) is 0 Å². The van der Waals surface area contributed by atoms with Crippen LogP contribution < -0.4 is 5.32 Å². The third-order valence-corrected chi connectivity index (χ3v) is 2.97. The molecule has 0 atom stereocenters. The number of nitrogens with zero attached hydrogens (tertiary/aromatic N) is 1. The average molecular weight is 224 g/mol. The minimum atomic E-state index is -2.90. The Bertz CT molecular complexity index is 186. The van der Waals surface area contributed by atoms with Gasteiger partial charge in [-0.25, -0.2) is 0 Å². The molecule has 0 aliphatic carbocycles. The molecule has 1 heterocycles. The van der Waals surface area contributed by atoms with Crippen LogP contribution >= 0.6 is 11.8 Å². The van der Waals surface area contributed by atoms with Gasteiger partial charge in [-0.05, 0) is 0 Å². The molecular formula is C8H14F2N2OS. The lowest BCUT2D eigenvalue weighted by Gasteiger charge is -2.25. The zero-order chi connectivity index (χ0) is 10.4. The molecule has 0 spiro atoms. The molecule has 0 unspecified atom stereocenters. The quantitative estimate of drug-likeness (QED) is 0.751. The van der Waals surface area contributed by atoms with Gasteiger partial charge in [0.1, 0.15) is 0 Å². The lowest BCUT2D eigenvalue weighted by Crippen LogP contribution is -2.40. The highest BCUT2D eigenvalue weighted by Crippen LogP contribution is 2.07. The van der Waals surface area contributed by atoms with Crippen LogP contribution in [0.3, 0.4) is 0 Å². The highest BCUT2D eigenvalue weighted by molar-refractivity contribution is 7.99. The van der Waals surface area contributed by atoms with Crippen molar-refractivity contribution < 1.29 is 13.6 Å². The monoisotopic (exact) mass is 224 g/mol. The summed E-state index contributed by atoms with van der Waals surface area (Å²) in [5.41, 5.74) is 0. The van der Waals surface area contributed by atoms with E-state index in [9.17, 15) is 13.6 Å². The normalized spacial score (nSPS) is 18.5. The second-order valence-corrected chi connectivity index (χ2v) is 4.27. The number of carbonyl (C=O) groups excluding carboxylic acids is 1. The van der Waals surface area contributed by atoms with Gasteiger partial charge >= 0.3 is 6.43 Å². The van der Waals surface area contributed by atoms with E-state index < -0.39 is 12.3 Å². The first-order chi connectivity index (χ1) is 6.70. The van der Waals surface area contributed by atoms with Crippen LogP contribution in [0.15, 0.2) is 0 Å². The number of hydrogen-bond donors (Lipinski definition) is 1. The van der Waals surface area contributed by atoms with Crippen molar-refractivity contribution in [3.05, 3.63) is 0 Å². The first-order valence-electron chi connectivity index (χ1n) is 4.56. The molecular weight excluding hydrogens is 210 g/mol. The number of hydrogen-bond acceptors (Lipinski definition) is 3. The molecule has 1 saturated heterocycles. The first-order valence-corrected chi connectivity index (χ1v) is 5.71. The van der Waals surface area contributed by atoms with Crippen LogP contribution in [-0.4, -0.2) is 54.9 Å². The largest absolute Gasteiger partial charge is 0.350 e. The molecule has 82 valence electrons. The van der Waals surface area contributed by atoms with Gasteiger partial charge in [0.25, 0.3) is 5.91 Å². The van der Waals surface area contributed by atoms with Gasteiger partial charge < -0.3 is 5.32 Å². The van der Waals surface area contributed by atoms with Crippen LogP contribution in [0.4, 0.5) is 8.78 Å². The van der Waals surface area contributed by atoms with E-state index in [4.69, 9.17) is 0 Å². The van der Waals surface area contributed by atoms with Gasteiger partial charge in [-0.3, -0.25) is 9.69 Å². The third-order valence-electron chi connectivity index (χ3n) is 2.03. The van der Waals surface area contributed by atoms with Crippen LogP contribution in [0, 0.1) is 0 Å². The van der Waals surface area contributed by atoms with Gasteiger partial charge in [0.15, 0.2) is 0 Å². The van der Waals surface area contributed by atoms with Crippen molar-refractivity contribution in [3.8, 4) is 0 Å². The van der Waals surface area contributed by atoms with E-state index in [1.807, 2.05) is 11.8 Å². The summed E-state index contributed by atoms with van der Waals surface area (Å²) in [5.74, 6) is 1.00. The molecule has 0 bridgehead atoms. The molecule has 3 nitrogen and oxygen atoms in total. The fraction of sp³-hybridized carbons (Fsp3) is 0.875.